The Kier molecular flexibility index (Phi) is 6.51. The fraction of sp³-hybridized carbons (Fsp3) is 0.0769. The quantitative estimate of drug-likeness (QED) is 0.354. The molecule has 0 fully saturated rings. The monoisotopic (exact) mass is 460 g/mol. The lowest BCUT2D eigenvalue weighted by molar-refractivity contribution is 0.241. The highest BCUT2D eigenvalue weighted by Crippen LogP contribution is 2.37. The zero-order valence-corrected chi connectivity index (χ0v) is 18.6. The number of hydrogen-bond donors (Lipinski definition) is 2. The molecule has 6 nitrogen and oxygen atoms in total. The molecule has 0 aromatic heterocycles. The molecule has 4 aromatic carbocycles. The summed E-state index contributed by atoms with van der Waals surface area (Å²) in [6.07, 6.45) is 0. The van der Waals surface area contributed by atoms with Crippen LogP contribution in [-0.4, -0.2) is 8.42 Å². The Morgan fingerprint density at radius 3 is 1.18 bits per heavy atom. The van der Waals surface area contributed by atoms with Crippen molar-refractivity contribution >= 4 is 21.2 Å². The van der Waals surface area contributed by atoms with E-state index in [1.165, 1.54) is 0 Å². The Morgan fingerprint density at radius 1 is 0.515 bits per heavy atom. The fourth-order valence-corrected chi connectivity index (χ4v) is 5.11. The molecule has 33 heavy (non-hydrogen) atoms. The highest BCUT2D eigenvalue weighted by molar-refractivity contribution is 7.91. The van der Waals surface area contributed by atoms with Crippen molar-refractivity contribution in [3.8, 4) is 11.5 Å². The normalized spacial score (nSPS) is 13.1. The van der Waals surface area contributed by atoms with Crippen LogP contribution in [0.5, 0.6) is 11.5 Å². The van der Waals surface area contributed by atoms with E-state index in [4.69, 9.17) is 20.9 Å². The summed E-state index contributed by atoms with van der Waals surface area (Å²) < 4.78 is 40.2. The summed E-state index contributed by atoms with van der Waals surface area (Å²) in [4.78, 5) is 0. The van der Waals surface area contributed by atoms with Gasteiger partial charge in [0.05, 0.1) is 0 Å². The van der Waals surface area contributed by atoms with Crippen molar-refractivity contribution in [3.63, 3.8) is 0 Å². The molecule has 0 aliphatic rings. The minimum Gasteiger partial charge on any atom is -0.470 e. The molecule has 4 aromatic rings. The number of hydrogen-bond acceptors (Lipinski definition) is 6. The summed E-state index contributed by atoms with van der Waals surface area (Å²) >= 11 is 0. The van der Waals surface area contributed by atoms with E-state index in [0.29, 0.717) is 34.0 Å². The van der Waals surface area contributed by atoms with Crippen LogP contribution in [0, 0.1) is 0 Å². The zero-order valence-electron chi connectivity index (χ0n) is 17.7. The summed E-state index contributed by atoms with van der Waals surface area (Å²) in [6, 6.07) is 30.7. The van der Waals surface area contributed by atoms with Crippen LogP contribution in [0.25, 0.3) is 0 Å². The van der Waals surface area contributed by atoms with Crippen molar-refractivity contribution in [1.29, 1.82) is 0 Å². The lowest BCUT2D eigenvalue weighted by Crippen LogP contribution is -2.28. The number of benzene rings is 4. The molecule has 0 heterocycles. The van der Waals surface area contributed by atoms with Gasteiger partial charge in [-0.15, -0.1) is 0 Å². The van der Waals surface area contributed by atoms with Gasteiger partial charge in [0.1, 0.15) is 11.5 Å². The summed E-state index contributed by atoms with van der Waals surface area (Å²) in [7, 11) is -4.09. The van der Waals surface area contributed by atoms with E-state index in [1.807, 2.05) is 12.1 Å². The lowest BCUT2D eigenvalue weighted by Gasteiger charge is -2.26. The Hall–Kier alpha value is -3.97. The highest BCUT2D eigenvalue weighted by Gasteiger charge is 2.40. The second kappa shape index (κ2) is 9.67. The number of rotatable bonds is 8. The molecule has 2 atom stereocenters. The van der Waals surface area contributed by atoms with E-state index in [1.54, 1.807) is 97.1 Å². The minimum atomic E-state index is -4.09. The van der Waals surface area contributed by atoms with E-state index in [-0.39, 0.29) is 0 Å². The fourth-order valence-electron chi connectivity index (χ4n) is 3.32. The zero-order chi connectivity index (χ0) is 23.3. The Morgan fingerprint density at radius 2 is 0.848 bits per heavy atom. The van der Waals surface area contributed by atoms with Crippen LogP contribution in [0.15, 0.2) is 109 Å². The first-order valence-electron chi connectivity index (χ1n) is 10.3. The van der Waals surface area contributed by atoms with E-state index in [0.717, 1.165) is 0 Å². The first-order valence-corrected chi connectivity index (χ1v) is 11.9. The van der Waals surface area contributed by atoms with Crippen molar-refractivity contribution in [2.45, 2.75) is 10.9 Å². The largest absolute Gasteiger partial charge is 0.470 e. The maximum Gasteiger partial charge on any atom is 0.234 e. The minimum absolute atomic E-state index is 0.376. The highest BCUT2D eigenvalue weighted by atomic mass is 32.2. The Labute approximate surface area is 193 Å². The van der Waals surface area contributed by atoms with Gasteiger partial charge in [0, 0.05) is 22.5 Å². The molecule has 4 rings (SSSR count). The molecule has 0 aliphatic heterocycles. The van der Waals surface area contributed by atoms with Crippen LogP contribution in [0.2, 0.25) is 0 Å². The molecule has 0 spiro atoms. The van der Waals surface area contributed by atoms with Gasteiger partial charge in [-0.05, 0) is 48.5 Å². The first-order chi connectivity index (χ1) is 15.9. The van der Waals surface area contributed by atoms with E-state index in [2.05, 4.69) is 0 Å². The standard InChI is InChI=1S/C26H24N2O4S/c27-21-11-15-23(16-12-21)31-25(19-7-3-1-4-8-19)33(29,30)26(20-9-5-2-6-10-20)32-24-17-13-22(28)14-18-24/h1-18,25-26H,27-28H2. The van der Waals surface area contributed by atoms with Crippen molar-refractivity contribution in [2.75, 3.05) is 11.5 Å². The molecule has 0 aliphatic carbocycles. The van der Waals surface area contributed by atoms with Gasteiger partial charge in [-0.25, -0.2) is 8.42 Å². The molecule has 0 amide bonds. The van der Waals surface area contributed by atoms with Crippen molar-refractivity contribution in [1.82, 2.24) is 0 Å². The Balaban J connectivity index is 1.79. The summed E-state index contributed by atoms with van der Waals surface area (Å²) in [5, 5.41) is 0. The average molecular weight is 461 g/mol. The average Bonchev–Trinajstić information content (AvgIpc) is 2.84. The van der Waals surface area contributed by atoms with Crippen molar-refractivity contribution < 1.29 is 17.9 Å². The molecule has 0 radical (unpaired) electrons. The second-order valence-corrected chi connectivity index (χ2v) is 9.48. The van der Waals surface area contributed by atoms with Gasteiger partial charge in [-0.2, -0.15) is 0 Å². The van der Waals surface area contributed by atoms with Gasteiger partial charge in [0.15, 0.2) is 0 Å². The van der Waals surface area contributed by atoms with Crippen LogP contribution in [0.4, 0.5) is 11.4 Å². The summed E-state index contributed by atoms with van der Waals surface area (Å²) in [5.41, 5.74) is 11.0. The van der Waals surface area contributed by atoms with E-state index < -0.39 is 20.7 Å². The Bertz CT molecular complexity index is 1180. The van der Waals surface area contributed by atoms with E-state index >= 15 is 0 Å². The second-order valence-electron chi connectivity index (χ2n) is 7.45. The molecular formula is C26H24N2O4S. The van der Waals surface area contributed by atoms with Gasteiger partial charge in [-0.3, -0.25) is 0 Å². The predicted octanol–water partition coefficient (Wildman–Crippen LogP) is 5.12. The van der Waals surface area contributed by atoms with Gasteiger partial charge in [0.2, 0.25) is 20.7 Å². The third kappa shape index (κ3) is 5.27. The number of sulfone groups is 1. The van der Waals surface area contributed by atoms with Crippen LogP contribution in [-0.2, 0) is 9.84 Å². The number of nitrogen functional groups attached to an aromatic ring is 2. The first kappa shape index (κ1) is 22.2. The molecule has 168 valence electrons. The third-order valence-electron chi connectivity index (χ3n) is 4.99. The van der Waals surface area contributed by atoms with Gasteiger partial charge < -0.3 is 20.9 Å². The van der Waals surface area contributed by atoms with Crippen LogP contribution < -0.4 is 20.9 Å². The summed E-state index contributed by atoms with van der Waals surface area (Å²) in [5.74, 6) is 0.752. The molecular weight excluding hydrogens is 436 g/mol. The number of ether oxygens (including phenoxy) is 2. The van der Waals surface area contributed by atoms with Gasteiger partial charge in [-0.1, -0.05) is 60.7 Å². The topological polar surface area (TPSA) is 105 Å². The number of anilines is 2. The van der Waals surface area contributed by atoms with Crippen molar-refractivity contribution in [2.24, 2.45) is 0 Å². The smallest absolute Gasteiger partial charge is 0.234 e. The van der Waals surface area contributed by atoms with Crippen LogP contribution in [0.1, 0.15) is 22.0 Å². The van der Waals surface area contributed by atoms with E-state index in [9.17, 15) is 8.42 Å². The van der Waals surface area contributed by atoms with Gasteiger partial charge >= 0.3 is 0 Å². The maximum atomic E-state index is 14.1. The van der Waals surface area contributed by atoms with Crippen LogP contribution in [0.3, 0.4) is 0 Å². The van der Waals surface area contributed by atoms with Crippen LogP contribution >= 0.6 is 0 Å². The third-order valence-corrected chi connectivity index (χ3v) is 6.92. The molecule has 7 heteroatoms. The number of nitrogens with two attached hydrogens (primary N) is 2. The SMILES string of the molecule is Nc1ccc(OC(c2ccccc2)S(=O)(=O)C(Oc2ccc(N)cc2)c2ccccc2)cc1. The molecule has 0 saturated heterocycles. The molecule has 0 saturated carbocycles. The summed E-state index contributed by atoms with van der Waals surface area (Å²) in [6.45, 7) is 0. The van der Waals surface area contributed by atoms with Gasteiger partial charge in [0.25, 0.3) is 0 Å². The molecule has 0 bridgehead atoms. The lowest BCUT2D eigenvalue weighted by atomic mass is 10.2. The molecule has 4 N–H and O–H groups in total. The maximum absolute atomic E-state index is 14.1. The van der Waals surface area contributed by atoms with Crippen molar-refractivity contribution in [3.05, 3.63) is 120 Å². The molecule has 2 unspecified atom stereocenters. The predicted molar refractivity (Wildman–Crippen MR) is 130 cm³/mol.